The minimum Gasteiger partial charge on any atom is -0.393 e. The van der Waals surface area contributed by atoms with E-state index in [4.69, 9.17) is 0 Å². The summed E-state index contributed by atoms with van der Waals surface area (Å²) >= 11 is 0. The van der Waals surface area contributed by atoms with Gasteiger partial charge >= 0.3 is 0 Å². The van der Waals surface area contributed by atoms with Crippen LogP contribution in [0, 0.1) is 29.6 Å². The van der Waals surface area contributed by atoms with E-state index >= 15 is 0 Å². The first-order valence-corrected chi connectivity index (χ1v) is 14.4. The molecule has 1 aromatic rings. The predicted molar refractivity (Wildman–Crippen MR) is 136 cm³/mol. The summed E-state index contributed by atoms with van der Waals surface area (Å²) in [5.74, 6) is 3.20. The third kappa shape index (κ3) is 5.54. The zero-order chi connectivity index (χ0) is 23.6. The second-order valence-corrected chi connectivity index (χ2v) is 12.9. The Morgan fingerprint density at radius 3 is 2.61 bits per heavy atom. The Hall–Kier alpha value is -1.65. The summed E-state index contributed by atoms with van der Waals surface area (Å²) in [6, 6.07) is 8.88. The second-order valence-electron chi connectivity index (χ2n) is 10.8. The van der Waals surface area contributed by atoms with Crippen LogP contribution in [0.3, 0.4) is 0 Å². The molecule has 3 saturated carbocycles. The SMILES string of the molecule is C=C1CCC(O)CC1=CC=C1CC[C@H](C)C2C1CCC2C(C)CCS(=O)(=O)c1ccccc1. The van der Waals surface area contributed by atoms with E-state index in [1.165, 1.54) is 30.4 Å². The average molecular weight is 469 g/mol. The molecular weight excluding hydrogens is 428 g/mol. The highest BCUT2D eigenvalue weighted by atomic mass is 32.2. The van der Waals surface area contributed by atoms with E-state index in [0.717, 1.165) is 32.1 Å². The van der Waals surface area contributed by atoms with Crippen molar-refractivity contribution in [1.82, 2.24) is 0 Å². The number of hydrogen-bond acceptors (Lipinski definition) is 3. The van der Waals surface area contributed by atoms with Crippen LogP contribution in [0.1, 0.15) is 65.2 Å². The number of sulfone groups is 1. The molecule has 4 heteroatoms. The van der Waals surface area contributed by atoms with Crippen LogP contribution < -0.4 is 0 Å². The molecule has 0 bridgehead atoms. The zero-order valence-electron chi connectivity index (χ0n) is 20.2. The molecule has 33 heavy (non-hydrogen) atoms. The Labute approximate surface area is 200 Å². The molecule has 3 nitrogen and oxygen atoms in total. The van der Waals surface area contributed by atoms with E-state index in [1.807, 2.05) is 6.07 Å². The van der Waals surface area contributed by atoms with Gasteiger partial charge in [0.25, 0.3) is 0 Å². The molecule has 0 saturated heterocycles. The smallest absolute Gasteiger partial charge is 0.178 e. The van der Waals surface area contributed by atoms with Crippen LogP contribution in [0.4, 0.5) is 0 Å². The third-order valence-electron chi connectivity index (χ3n) is 8.65. The van der Waals surface area contributed by atoms with Crippen LogP contribution in [0.25, 0.3) is 0 Å². The van der Waals surface area contributed by atoms with Crippen molar-refractivity contribution in [3.05, 3.63) is 65.8 Å². The van der Waals surface area contributed by atoms with Gasteiger partial charge in [-0.2, -0.15) is 0 Å². The van der Waals surface area contributed by atoms with Gasteiger partial charge in [-0.3, -0.25) is 0 Å². The van der Waals surface area contributed by atoms with Crippen LogP contribution in [-0.4, -0.2) is 25.4 Å². The fourth-order valence-corrected chi connectivity index (χ4v) is 8.14. The number of aliphatic hydroxyl groups excluding tert-OH is 1. The average Bonchev–Trinajstić information content (AvgIpc) is 3.26. The number of fused-ring (bicyclic) bond motifs is 1. The normalized spacial score (nSPS) is 33.9. The highest BCUT2D eigenvalue weighted by Gasteiger charge is 2.45. The summed E-state index contributed by atoms with van der Waals surface area (Å²) in [5, 5.41) is 10.1. The van der Waals surface area contributed by atoms with Gasteiger partial charge in [-0.05, 0) is 98.7 Å². The number of allylic oxidation sites excluding steroid dienone is 4. The van der Waals surface area contributed by atoms with Crippen molar-refractivity contribution in [3.8, 4) is 0 Å². The number of hydrogen-bond donors (Lipinski definition) is 1. The van der Waals surface area contributed by atoms with Gasteiger partial charge in [0.2, 0.25) is 0 Å². The number of rotatable bonds is 6. The van der Waals surface area contributed by atoms with Gasteiger partial charge in [0.1, 0.15) is 0 Å². The molecule has 4 rings (SSSR count). The molecule has 0 radical (unpaired) electrons. The summed E-state index contributed by atoms with van der Waals surface area (Å²) in [4.78, 5) is 0.445. The van der Waals surface area contributed by atoms with Crippen molar-refractivity contribution in [3.63, 3.8) is 0 Å². The second kappa shape index (κ2) is 10.3. The molecule has 0 amide bonds. The van der Waals surface area contributed by atoms with E-state index in [9.17, 15) is 13.5 Å². The maximum atomic E-state index is 12.8. The van der Waals surface area contributed by atoms with E-state index in [2.05, 4.69) is 32.6 Å². The molecule has 0 spiro atoms. The monoisotopic (exact) mass is 468 g/mol. The fraction of sp³-hybridized carbons (Fsp3) is 0.586. The highest BCUT2D eigenvalue weighted by molar-refractivity contribution is 7.91. The topological polar surface area (TPSA) is 54.4 Å². The standard InChI is InChI=1S/C29H40O3S/c1-20-10-14-25(30)19-24(20)13-12-23-11-9-22(3)29-27(15-16-28(23)29)21(2)17-18-33(31,32)26-7-5-4-6-8-26/h4-8,12-13,21-22,25,27-30H,1,9-11,14-19H2,2-3H3/t21?,22-,25?,27?,28?,29?/m0/s1. The van der Waals surface area contributed by atoms with Crippen molar-refractivity contribution in [2.75, 3.05) is 5.75 Å². The summed E-state index contributed by atoms with van der Waals surface area (Å²) in [6.45, 7) is 8.88. The van der Waals surface area contributed by atoms with Crippen molar-refractivity contribution >= 4 is 9.84 Å². The van der Waals surface area contributed by atoms with Crippen molar-refractivity contribution in [2.24, 2.45) is 29.6 Å². The summed E-state index contributed by atoms with van der Waals surface area (Å²) in [5.41, 5.74) is 3.95. The molecule has 0 aliphatic heterocycles. The Balaban J connectivity index is 1.44. The van der Waals surface area contributed by atoms with Gasteiger partial charge in [0, 0.05) is 0 Å². The molecular formula is C29H40O3S. The lowest BCUT2D eigenvalue weighted by Gasteiger charge is -2.39. The van der Waals surface area contributed by atoms with Crippen LogP contribution in [0.15, 0.2) is 70.7 Å². The van der Waals surface area contributed by atoms with E-state index in [-0.39, 0.29) is 11.9 Å². The predicted octanol–water partition coefficient (Wildman–Crippen LogP) is 6.51. The van der Waals surface area contributed by atoms with E-state index in [0.29, 0.717) is 34.5 Å². The number of benzene rings is 1. The Morgan fingerprint density at radius 1 is 1.09 bits per heavy atom. The van der Waals surface area contributed by atoms with Crippen LogP contribution in [-0.2, 0) is 9.84 Å². The lowest BCUT2D eigenvalue weighted by atomic mass is 9.66. The summed E-state index contributed by atoms with van der Waals surface area (Å²) in [7, 11) is -3.22. The first-order valence-electron chi connectivity index (χ1n) is 12.8. The molecule has 1 aromatic carbocycles. The lowest BCUT2D eigenvalue weighted by molar-refractivity contribution is 0.154. The van der Waals surface area contributed by atoms with Gasteiger partial charge in [-0.25, -0.2) is 8.42 Å². The van der Waals surface area contributed by atoms with Gasteiger partial charge in [-0.1, -0.05) is 61.9 Å². The Bertz CT molecular complexity index is 1000. The maximum absolute atomic E-state index is 12.8. The maximum Gasteiger partial charge on any atom is 0.178 e. The largest absolute Gasteiger partial charge is 0.393 e. The van der Waals surface area contributed by atoms with E-state index in [1.54, 1.807) is 29.8 Å². The van der Waals surface area contributed by atoms with Gasteiger partial charge in [-0.15, -0.1) is 0 Å². The Kier molecular flexibility index (Phi) is 7.65. The van der Waals surface area contributed by atoms with Crippen molar-refractivity contribution in [1.29, 1.82) is 0 Å². The van der Waals surface area contributed by atoms with E-state index < -0.39 is 9.84 Å². The molecule has 3 aliphatic carbocycles. The quantitative estimate of drug-likeness (QED) is 0.517. The van der Waals surface area contributed by atoms with Crippen molar-refractivity contribution in [2.45, 2.75) is 76.2 Å². The van der Waals surface area contributed by atoms with Gasteiger partial charge in [0.15, 0.2) is 9.84 Å². The minimum absolute atomic E-state index is 0.233. The summed E-state index contributed by atoms with van der Waals surface area (Å²) < 4.78 is 25.6. The van der Waals surface area contributed by atoms with Gasteiger partial charge < -0.3 is 5.11 Å². The van der Waals surface area contributed by atoms with Crippen LogP contribution in [0.5, 0.6) is 0 Å². The zero-order valence-corrected chi connectivity index (χ0v) is 21.1. The van der Waals surface area contributed by atoms with Crippen molar-refractivity contribution < 1.29 is 13.5 Å². The van der Waals surface area contributed by atoms with Crippen LogP contribution in [0.2, 0.25) is 0 Å². The molecule has 180 valence electrons. The number of aliphatic hydroxyl groups is 1. The van der Waals surface area contributed by atoms with Crippen LogP contribution >= 0.6 is 0 Å². The molecule has 6 atom stereocenters. The fourth-order valence-electron chi connectivity index (χ4n) is 6.65. The molecule has 0 heterocycles. The molecule has 3 aliphatic rings. The molecule has 5 unspecified atom stereocenters. The first-order chi connectivity index (χ1) is 15.8. The Morgan fingerprint density at radius 2 is 1.85 bits per heavy atom. The minimum atomic E-state index is -3.22. The molecule has 1 N–H and O–H groups in total. The first kappa shape index (κ1) is 24.5. The third-order valence-corrected chi connectivity index (χ3v) is 10.4. The molecule has 0 aromatic heterocycles. The van der Waals surface area contributed by atoms with Gasteiger partial charge in [0.05, 0.1) is 16.8 Å². The summed E-state index contributed by atoms with van der Waals surface area (Å²) in [6.07, 6.45) is 12.3. The highest BCUT2D eigenvalue weighted by Crippen LogP contribution is 2.53. The molecule has 3 fully saturated rings. The lowest BCUT2D eigenvalue weighted by Crippen LogP contribution is -2.31.